The van der Waals surface area contributed by atoms with Crippen LogP contribution in [0.1, 0.15) is 10.4 Å². The van der Waals surface area contributed by atoms with Crippen molar-refractivity contribution in [2.75, 3.05) is 0 Å². The van der Waals surface area contributed by atoms with Crippen molar-refractivity contribution < 1.29 is 22.7 Å². The van der Waals surface area contributed by atoms with Crippen LogP contribution in [0.15, 0.2) is 23.1 Å². The highest BCUT2D eigenvalue weighted by atomic mass is 32.1. The molecule has 0 bridgehead atoms. The van der Waals surface area contributed by atoms with Gasteiger partial charge in [-0.15, -0.1) is 25.8 Å². The molecule has 0 heterocycles. The van der Waals surface area contributed by atoms with E-state index in [2.05, 4.69) is 17.4 Å². The van der Waals surface area contributed by atoms with Gasteiger partial charge in [0.05, 0.1) is 4.90 Å². The summed E-state index contributed by atoms with van der Waals surface area (Å²) in [7, 11) is 0. The van der Waals surface area contributed by atoms with Gasteiger partial charge in [0.25, 0.3) is 0 Å². The van der Waals surface area contributed by atoms with Gasteiger partial charge in [0, 0.05) is 5.56 Å². The van der Waals surface area contributed by atoms with Gasteiger partial charge in [-0.25, -0.2) is 0 Å². The Hall–Kier alpha value is -1.17. The highest BCUT2D eigenvalue weighted by Gasteiger charge is 2.32. The molecule has 1 rings (SSSR count). The summed E-state index contributed by atoms with van der Waals surface area (Å²) >= 11 is 3.75. The molecule has 14 heavy (non-hydrogen) atoms. The minimum atomic E-state index is -4.78. The van der Waals surface area contributed by atoms with Crippen LogP contribution in [0, 0.1) is 0 Å². The third-order valence-electron chi connectivity index (χ3n) is 1.38. The molecule has 0 spiro atoms. The van der Waals surface area contributed by atoms with Gasteiger partial charge in [-0.2, -0.15) is 0 Å². The molecule has 6 heteroatoms. The van der Waals surface area contributed by atoms with E-state index in [9.17, 15) is 18.0 Å². The number of ether oxygens (including phenoxy) is 1. The van der Waals surface area contributed by atoms with Gasteiger partial charge in [0.15, 0.2) is 6.29 Å². The predicted molar refractivity (Wildman–Crippen MR) is 45.8 cm³/mol. The second kappa shape index (κ2) is 3.91. The van der Waals surface area contributed by atoms with Crippen LogP contribution in [0.5, 0.6) is 5.75 Å². The number of halogens is 3. The van der Waals surface area contributed by atoms with E-state index < -0.39 is 12.1 Å². The zero-order chi connectivity index (χ0) is 10.8. The molecule has 1 aromatic carbocycles. The van der Waals surface area contributed by atoms with Crippen molar-refractivity contribution in [3.8, 4) is 5.75 Å². The van der Waals surface area contributed by atoms with Gasteiger partial charge >= 0.3 is 6.36 Å². The summed E-state index contributed by atoms with van der Waals surface area (Å²) in [5.74, 6) is -0.481. The lowest BCUT2D eigenvalue weighted by Crippen LogP contribution is -2.17. The normalized spacial score (nSPS) is 11.1. The highest BCUT2D eigenvalue weighted by Crippen LogP contribution is 2.30. The Morgan fingerprint density at radius 3 is 2.50 bits per heavy atom. The Kier molecular flexibility index (Phi) is 3.05. The molecule has 0 fully saturated rings. The molecule has 0 atom stereocenters. The molecule has 0 aliphatic heterocycles. The average Bonchev–Trinajstić information content (AvgIpc) is 2.06. The topological polar surface area (TPSA) is 26.3 Å². The lowest BCUT2D eigenvalue weighted by Gasteiger charge is -2.11. The molecule has 0 radical (unpaired) electrons. The number of carbonyl (C=O) groups is 1. The van der Waals surface area contributed by atoms with Crippen molar-refractivity contribution in [1.29, 1.82) is 0 Å². The van der Waals surface area contributed by atoms with Gasteiger partial charge in [0.1, 0.15) is 5.75 Å². The molecule has 0 aromatic heterocycles. The Morgan fingerprint density at radius 2 is 2.00 bits per heavy atom. The summed E-state index contributed by atoms with van der Waals surface area (Å²) < 4.78 is 39.1. The van der Waals surface area contributed by atoms with Crippen molar-refractivity contribution in [3.63, 3.8) is 0 Å². The Balaban J connectivity index is 3.04. The van der Waals surface area contributed by atoms with Crippen molar-refractivity contribution >= 4 is 18.9 Å². The summed E-state index contributed by atoms with van der Waals surface area (Å²) in [6.45, 7) is 0. The van der Waals surface area contributed by atoms with Crippen molar-refractivity contribution in [2.45, 2.75) is 11.3 Å². The Morgan fingerprint density at radius 1 is 1.36 bits per heavy atom. The molecule has 0 saturated carbocycles. The highest BCUT2D eigenvalue weighted by molar-refractivity contribution is 7.80. The Bertz CT molecular complexity index is 349. The van der Waals surface area contributed by atoms with Crippen LogP contribution in [-0.4, -0.2) is 12.6 Å². The number of alkyl halides is 3. The zero-order valence-corrected chi connectivity index (χ0v) is 7.60. The molecule has 0 N–H and O–H groups in total. The van der Waals surface area contributed by atoms with Crippen LogP contribution < -0.4 is 4.74 Å². The summed E-state index contributed by atoms with van der Waals surface area (Å²) in [5.41, 5.74) is 0.0510. The van der Waals surface area contributed by atoms with Gasteiger partial charge in [-0.1, -0.05) is 12.1 Å². The second-order valence-corrected chi connectivity index (χ2v) is 2.81. The Labute approximate surface area is 83.1 Å². The maximum atomic E-state index is 11.8. The predicted octanol–water partition coefficient (Wildman–Crippen LogP) is 2.69. The molecular formula is C8H5F3O2S. The van der Waals surface area contributed by atoms with Crippen LogP contribution in [0.25, 0.3) is 0 Å². The van der Waals surface area contributed by atoms with E-state index in [1.165, 1.54) is 12.1 Å². The van der Waals surface area contributed by atoms with E-state index in [1.807, 2.05) is 0 Å². The maximum Gasteiger partial charge on any atom is 0.573 e. The molecule has 0 amide bonds. The summed E-state index contributed by atoms with van der Waals surface area (Å²) in [5, 5.41) is 0. The number of rotatable bonds is 2. The number of hydrogen-bond donors (Lipinski definition) is 1. The monoisotopic (exact) mass is 222 g/mol. The summed E-state index contributed by atoms with van der Waals surface area (Å²) in [4.78, 5) is 10.2. The quantitative estimate of drug-likeness (QED) is 0.615. The van der Waals surface area contributed by atoms with E-state index in [1.54, 1.807) is 0 Å². The zero-order valence-electron chi connectivity index (χ0n) is 6.71. The smallest absolute Gasteiger partial charge is 0.405 e. The van der Waals surface area contributed by atoms with Gasteiger partial charge in [0.2, 0.25) is 0 Å². The largest absolute Gasteiger partial charge is 0.573 e. The molecular weight excluding hydrogens is 217 g/mol. The molecule has 0 saturated heterocycles. The molecule has 1 aromatic rings. The fourth-order valence-corrected chi connectivity index (χ4v) is 1.09. The number of hydrogen-bond acceptors (Lipinski definition) is 3. The first-order valence-electron chi connectivity index (χ1n) is 3.47. The molecule has 2 nitrogen and oxygen atoms in total. The van der Waals surface area contributed by atoms with Gasteiger partial charge in [-0.3, -0.25) is 4.79 Å². The van der Waals surface area contributed by atoms with E-state index in [4.69, 9.17) is 0 Å². The molecule has 0 unspecified atom stereocenters. The average molecular weight is 222 g/mol. The molecule has 76 valence electrons. The maximum absolute atomic E-state index is 11.8. The number of benzene rings is 1. The van der Waals surface area contributed by atoms with E-state index in [0.717, 1.165) is 6.07 Å². The second-order valence-electron chi connectivity index (χ2n) is 2.36. The van der Waals surface area contributed by atoms with E-state index in [-0.39, 0.29) is 10.5 Å². The van der Waals surface area contributed by atoms with Crippen LogP contribution >= 0.6 is 12.6 Å². The van der Waals surface area contributed by atoms with Gasteiger partial charge in [-0.05, 0) is 6.07 Å². The SMILES string of the molecule is O=Cc1cccc(OC(F)(F)F)c1S. The third kappa shape index (κ3) is 2.66. The fraction of sp³-hybridized carbons (Fsp3) is 0.125. The standard InChI is InChI=1S/C8H5F3O2S/c9-8(10,11)13-6-3-1-2-5(4-12)7(6)14/h1-4,14H. The van der Waals surface area contributed by atoms with Crippen LogP contribution in [0.2, 0.25) is 0 Å². The van der Waals surface area contributed by atoms with Crippen molar-refractivity contribution in [3.05, 3.63) is 23.8 Å². The lowest BCUT2D eigenvalue weighted by atomic mass is 10.2. The van der Waals surface area contributed by atoms with Crippen molar-refractivity contribution in [1.82, 2.24) is 0 Å². The number of thiol groups is 1. The fourth-order valence-electron chi connectivity index (χ4n) is 0.841. The van der Waals surface area contributed by atoms with Crippen LogP contribution in [-0.2, 0) is 0 Å². The minimum Gasteiger partial charge on any atom is -0.405 e. The summed E-state index contributed by atoms with van der Waals surface area (Å²) in [6.07, 6.45) is -4.37. The molecule has 0 aliphatic rings. The third-order valence-corrected chi connectivity index (χ3v) is 1.86. The first-order valence-corrected chi connectivity index (χ1v) is 3.91. The number of carbonyl (C=O) groups excluding carboxylic acids is 1. The first-order chi connectivity index (χ1) is 6.44. The van der Waals surface area contributed by atoms with Crippen LogP contribution in [0.3, 0.4) is 0 Å². The molecule has 0 aliphatic carbocycles. The first kappa shape index (κ1) is 10.9. The van der Waals surface area contributed by atoms with E-state index >= 15 is 0 Å². The van der Waals surface area contributed by atoms with Crippen molar-refractivity contribution in [2.24, 2.45) is 0 Å². The van der Waals surface area contributed by atoms with Gasteiger partial charge < -0.3 is 4.74 Å². The van der Waals surface area contributed by atoms with E-state index in [0.29, 0.717) is 6.29 Å². The summed E-state index contributed by atoms with van der Waals surface area (Å²) in [6, 6.07) is 3.71. The number of aldehydes is 1. The lowest BCUT2D eigenvalue weighted by molar-refractivity contribution is -0.275. The minimum absolute atomic E-state index is 0.0510. The van der Waals surface area contributed by atoms with Crippen LogP contribution in [0.4, 0.5) is 13.2 Å².